The molecule has 39 heavy (non-hydrogen) atoms. The number of amides is 1. The number of nitrogens with two attached hydrogens (primary N) is 1. The number of anilines is 1. The number of fused-ring (bicyclic) bond motifs is 2. The summed E-state index contributed by atoms with van der Waals surface area (Å²) in [5.74, 6) is -0.0514. The summed E-state index contributed by atoms with van der Waals surface area (Å²) in [7, 11) is 1.32. The molecule has 3 heterocycles. The van der Waals surface area contributed by atoms with Gasteiger partial charge in [-0.05, 0) is 60.9 Å². The maximum Gasteiger partial charge on any atom is 0.328 e. The van der Waals surface area contributed by atoms with E-state index in [1.54, 1.807) is 24.7 Å². The largest absolute Gasteiger partial charge is 0.472 e. The van der Waals surface area contributed by atoms with Gasteiger partial charge < -0.3 is 29.8 Å². The van der Waals surface area contributed by atoms with E-state index in [0.29, 0.717) is 17.3 Å². The van der Waals surface area contributed by atoms with Gasteiger partial charge in [0.2, 0.25) is 0 Å². The Morgan fingerprint density at radius 1 is 1.18 bits per heavy atom. The van der Waals surface area contributed by atoms with Crippen molar-refractivity contribution in [1.82, 2.24) is 19.9 Å². The van der Waals surface area contributed by atoms with Gasteiger partial charge >= 0.3 is 5.97 Å². The van der Waals surface area contributed by atoms with Gasteiger partial charge in [-0.2, -0.15) is 0 Å². The van der Waals surface area contributed by atoms with Crippen molar-refractivity contribution in [3.05, 3.63) is 72.3 Å². The van der Waals surface area contributed by atoms with Crippen molar-refractivity contribution in [2.75, 3.05) is 12.8 Å². The number of ether oxygens (including phenoxy) is 1. The zero-order chi connectivity index (χ0) is 26.9. The number of nitrogen functional groups attached to an aromatic ring is 1. The highest BCUT2D eigenvalue weighted by atomic mass is 16.5. The number of aromatic nitrogens is 3. The van der Waals surface area contributed by atoms with Gasteiger partial charge in [0.15, 0.2) is 0 Å². The zero-order valence-corrected chi connectivity index (χ0v) is 21.8. The monoisotopic (exact) mass is 525 g/mol. The number of carbonyl (C=O) groups excluding carboxylic acids is 2. The third kappa shape index (κ3) is 4.76. The number of methoxy groups -OCH3 is 1. The second-order valence-corrected chi connectivity index (χ2v) is 10.2. The molecule has 0 bridgehead atoms. The Morgan fingerprint density at radius 3 is 2.79 bits per heavy atom. The first-order valence-corrected chi connectivity index (χ1v) is 13.3. The van der Waals surface area contributed by atoms with Crippen molar-refractivity contribution in [2.24, 2.45) is 0 Å². The summed E-state index contributed by atoms with van der Waals surface area (Å²) in [6.07, 6.45) is 11.3. The molecule has 3 aromatic heterocycles. The van der Waals surface area contributed by atoms with Crippen molar-refractivity contribution in [1.29, 1.82) is 0 Å². The number of benzene rings is 2. The number of hydrogen-bond donors (Lipinski definition) is 3. The molecule has 0 saturated heterocycles. The quantitative estimate of drug-likeness (QED) is 0.193. The Bertz CT molecular complexity index is 1640. The van der Waals surface area contributed by atoms with Crippen LogP contribution in [0.5, 0.6) is 0 Å². The first-order valence-electron chi connectivity index (χ1n) is 13.3. The molecule has 0 unspecified atom stereocenters. The summed E-state index contributed by atoms with van der Waals surface area (Å²) < 4.78 is 12.7. The van der Waals surface area contributed by atoms with Crippen LogP contribution in [0.4, 0.5) is 5.69 Å². The lowest BCUT2D eigenvalue weighted by atomic mass is 9.95. The van der Waals surface area contributed by atoms with Crippen LogP contribution in [0.1, 0.15) is 54.1 Å². The number of furan rings is 1. The highest BCUT2D eigenvalue weighted by molar-refractivity contribution is 6.00. The van der Waals surface area contributed by atoms with Crippen LogP contribution in [0.25, 0.3) is 33.3 Å². The van der Waals surface area contributed by atoms with Crippen molar-refractivity contribution < 1.29 is 18.7 Å². The van der Waals surface area contributed by atoms with Gasteiger partial charge in [-0.25, -0.2) is 9.78 Å². The van der Waals surface area contributed by atoms with E-state index in [4.69, 9.17) is 19.9 Å². The average Bonchev–Trinajstić information content (AvgIpc) is 3.71. The SMILES string of the molecule is COC(=O)[C@H](Cc1c[nH]c2ccc(N)cc12)NC(=O)c1ccc2c(c1)nc(-c1ccoc1)n2C1CCCCC1. The van der Waals surface area contributed by atoms with Gasteiger partial charge in [0, 0.05) is 40.8 Å². The minimum Gasteiger partial charge on any atom is -0.472 e. The van der Waals surface area contributed by atoms with Crippen LogP contribution < -0.4 is 11.1 Å². The third-order valence-corrected chi connectivity index (χ3v) is 7.68. The summed E-state index contributed by atoms with van der Waals surface area (Å²) in [5.41, 5.74) is 11.4. The lowest BCUT2D eigenvalue weighted by Gasteiger charge is -2.25. The molecule has 6 rings (SSSR count). The number of carbonyl (C=O) groups is 2. The maximum atomic E-state index is 13.4. The number of rotatable bonds is 7. The minimum absolute atomic E-state index is 0.255. The lowest BCUT2D eigenvalue weighted by Crippen LogP contribution is -2.43. The van der Waals surface area contributed by atoms with Crippen molar-refractivity contribution >= 4 is 39.5 Å². The molecule has 1 aliphatic rings. The summed E-state index contributed by atoms with van der Waals surface area (Å²) in [6, 6.07) is 12.5. The topological polar surface area (TPSA) is 128 Å². The van der Waals surface area contributed by atoms with E-state index in [9.17, 15) is 9.59 Å². The number of nitrogens with one attached hydrogen (secondary N) is 2. The van der Waals surface area contributed by atoms with Crippen LogP contribution in [0.2, 0.25) is 0 Å². The molecule has 200 valence electrons. The predicted molar refractivity (Wildman–Crippen MR) is 149 cm³/mol. The van der Waals surface area contributed by atoms with Gasteiger partial charge in [0.25, 0.3) is 5.91 Å². The number of hydrogen-bond acceptors (Lipinski definition) is 6. The molecule has 4 N–H and O–H groups in total. The van der Waals surface area contributed by atoms with Gasteiger partial charge in [0.05, 0.1) is 30.0 Å². The Balaban J connectivity index is 1.30. The Kier molecular flexibility index (Phi) is 6.56. The van der Waals surface area contributed by atoms with Crippen molar-refractivity contribution in [3.63, 3.8) is 0 Å². The Morgan fingerprint density at radius 2 is 2.03 bits per heavy atom. The van der Waals surface area contributed by atoms with E-state index in [2.05, 4.69) is 14.9 Å². The zero-order valence-electron chi connectivity index (χ0n) is 21.8. The molecule has 9 nitrogen and oxygen atoms in total. The van der Waals surface area contributed by atoms with Gasteiger partial charge in [-0.3, -0.25) is 4.79 Å². The molecule has 0 spiro atoms. The standard InChI is InChI=1S/C30H31N5O4/c1-38-30(37)26(14-20-16-32-24-9-8-21(31)15-23(20)24)34-29(36)18-7-10-27-25(13-18)33-28(19-11-12-39-17-19)35(27)22-5-3-2-4-6-22/h7-13,15-17,22,26,32H,2-6,14,31H2,1H3,(H,34,36)/t26-/m0/s1. The third-order valence-electron chi connectivity index (χ3n) is 7.68. The molecule has 1 amide bonds. The fraction of sp³-hybridized carbons (Fsp3) is 0.300. The van der Waals surface area contributed by atoms with E-state index < -0.39 is 12.0 Å². The van der Waals surface area contributed by atoms with Crippen LogP contribution in [0, 0.1) is 0 Å². The molecule has 9 heteroatoms. The minimum atomic E-state index is -0.875. The Labute approximate surface area is 225 Å². The first kappa shape index (κ1) is 24.8. The lowest BCUT2D eigenvalue weighted by molar-refractivity contribution is -0.142. The van der Waals surface area contributed by atoms with Crippen molar-refractivity contribution in [2.45, 2.75) is 50.6 Å². The molecular formula is C30H31N5O4. The van der Waals surface area contributed by atoms with Crippen LogP contribution in [-0.2, 0) is 16.0 Å². The molecule has 2 aromatic carbocycles. The molecule has 1 saturated carbocycles. The summed E-state index contributed by atoms with van der Waals surface area (Å²) in [4.78, 5) is 34.2. The van der Waals surface area contributed by atoms with Crippen molar-refractivity contribution in [3.8, 4) is 11.4 Å². The number of H-pyrrole nitrogens is 1. The molecule has 1 aliphatic carbocycles. The van der Waals surface area contributed by atoms with Crippen LogP contribution in [-0.4, -0.2) is 39.6 Å². The molecule has 0 aliphatic heterocycles. The summed E-state index contributed by atoms with van der Waals surface area (Å²) in [6.45, 7) is 0. The highest BCUT2D eigenvalue weighted by Gasteiger charge is 2.26. The number of esters is 1. The van der Waals surface area contributed by atoms with Gasteiger partial charge in [-0.1, -0.05) is 19.3 Å². The van der Waals surface area contributed by atoms with Gasteiger partial charge in [0.1, 0.15) is 18.1 Å². The molecular weight excluding hydrogens is 494 g/mol. The highest BCUT2D eigenvalue weighted by Crippen LogP contribution is 2.36. The normalized spacial score (nSPS) is 15.0. The van der Waals surface area contributed by atoms with Crippen LogP contribution in [0.3, 0.4) is 0 Å². The smallest absolute Gasteiger partial charge is 0.328 e. The maximum absolute atomic E-state index is 13.4. The molecule has 1 atom stereocenters. The van der Waals surface area contributed by atoms with E-state index in [0.717, 1.165) is 51.7 Å². The predicted octanol–water partition coefficient (Wildman–Crippen LogP) is 5.38. The molecule has 5 aromatic rings. The number of imidazole rings is 1. The second-order valence-electron chi connectivity index (χ2n) is 10.2. The van der Waals surface area contributed by atoms with E-state index in [1.165, 1.54) is 26.4 Å². The fourth-order valence-electron chi connectivity index (χ4n) is 5.71. The van der Waals surface area contributed by atoms with E-state index >= 15 is 0 Å². The first-order chi connectivity index (χ1) is 19.0. The Hall–Kier alpha value is -4.53. The van der Waals surface area contributed by atoms with E-state index in [1.807, 2.05) is 36.5 Å². The van der Waals surface area contributed by atoms with E-state index in [-0.39, 0.29) is 12.3 Å². The summed E-state index contributed by atoms with van der Waals surface area (Å²) >= 11 is 0. The van der Waals surface area contributed by atoms with Gasteiger partial charge in [-0.15, -0.1) is 0 Å². The average molecular weight is 526 g/mol. The number of nitrogens with zero attached hydrogens (tertiary/aromatic N) is 2. The molecule has 0 radical (unpaired) electrons. The fourth-order valence-corrected chi connectivity index (χ4v) is 5.71. The summed E-state index contributed by atoms with van der Waals surface area (Å²) in [5, 5.41) is 3.77. The molecule has 1 fully saturated rings. The van der Waals surface area contributed by atoms with Crippen LogP contribution in [0.15, 0.2) is 65.6 Å². The second kappa shape index (κ2) is 10.3. The van der Waals surface area contributed by atoms with Crippen LogP contribution >= 0.6 is 0 Å². The number of aromatic amines is 1.